The first kappa shape index (κ1) is 16.3. The smallest absolute Gasteiger partial charge is 0.141 e. The molecule has 114 valence electrons. The van der Waals surface area contributed by atoms with Crippen LogP contribution in [0.3, 0.4) is 0 Å². The third-order valence-corrected chi connectivity index (χ3v) is 4.98. The van der Waals surface area contributed by atoms with Gasteiger partial charge in [-0.05, 0) is 46.1 Å². The van der Waals surface area contributed by atoms with Crippen LogP contribution in [0, 0.1) is 0 Å². The van der Waals surface area contributed by atoms with E-state index in [1.807, 2.05) is 6.07 Å². The summed E-state index contributed by atoms with van der Waals surface area (Å²) in [5.74, 6) is 1.61. The summed E-state index contributed by atoms with van der Waals surface area (Å²) in [7, 11) is 3.35. The molecule has 0 amide bonds. The zero-order valence-electron chi connectivity index (χ0n) is 12.5. The SMILES string of the molecule is CCNC(Cc1cccs1)c1ccc(OC)c(Br)c1OC. The Kier molecular flexibility index (Phi) is 6.08. The fourth-order valence-electron chi connectivity index (χ4n) is 2.36. The van der Waals surface area contributed by atoms with E-state index in [-0.39, 0.29) is 6.04 Å². The van der Waals surface area contributed by atoms with E-state index < -0.39 is 0 Å². The lowest BCUT2D eigenvalue weighted by Crippen LogP contribution is -2.23. The van der Waals surface area contributed by atoms with E-state index in [1.54, 1.807) is 25.6 Å². The molecule has 1 aromatic heterocycles. The van der Waals surface area contributed by atoms with Crippen molar-refractivity contribution in [3.05, 3.63) is 44.6 Å². The second-order valence-corrected chi connectivity index (χ2v) is 6.42. The van der Waals surface area contributed by atoms with Gasteiger partial charge in [-0.1, -0.05) is 13.0 Å². The Labute approximate surface area is 138 Å². The highest BCUT2D eigenvalue weighted by atomic mass is 79.9. The summed E-state index contributed by atoms with van der Waals surface area (Å²) >= 11 is 5.35. The monoisotopic (exact) mass is 369 g/mol. The predicted octanol–water partition coefficient (Wildman–Crippen LogP) is 4.42. The molecule has 2 rings (SSSR count). The van der Waals surface area contributed by atoms with Crippen molar-refractivity contribution in [1.82, 2.24) is 5.32 Å². The Bertz CT molecular complexity index is 572. The van der Waals surface area contributed by atoms with Gasteiger partial charge in [0.1, 0.15) is 16.0 Å². The quantitative estimate of drug-likeness (QED) is 0.783. The van der Waals surface area contributed by atoms with Crippen LogP contribution in [-0.4, -0.2) is 20.8 Å². The molecule has 0 bridgehead atoms. The number of benzene rings is 1. The molecule has 0 spiro atoms. The molecule has 1 aromatic carbocycles. The second kappa shape index (κ2) is 7.82. The number of ether oxygens (including phenoxy) is 2. The van der Waals surface area contributed by atoms with Gasteiger partial charge < -0.3 is 14.8 Å². The number of nitrogens with one attached hydrogen (secondary N) is 1. The van der Waals surface area contributed by atoms with Crippen molar-refractivity contribution in [2.24, 2.45) is 0 Å². The molecule has 2 aromatic rings. The fourth-order valence-corrected chi connectivity index (χ4v) is 3.80. The van der Waals surface area contributed by atoms with Crippen LogP contribution in [0.5, 0.6) is 11.5 Å². The van der Waals surface area contributed by atoms with Crippen LogP contribution in [0.25, 0.3) is 0 Å². The first-order valence-corrected chi connectivity index (χ1v) is 8.54. The summed E-state index contributed by atoms with van der Waals surface area (Å²) in [5.41, 5.74) is 1.14. The highest BCUT2D eigenvalue weighted by molar-refractivity contribution is 9.10. The summed E-state index contributed by atoms with van der Waals surface area (Å²) in [6.45, 7) is 3.02. The summed E-state index contributed by atoms with van der Waals surface area (Å²) < 4.78 is 11.8. The lowest BCUT2D eigenvalue weighted by Gasteiger charge is -2.22. The van der Waals surface area contributed by atoms with Gasteiger partial charge in [0, 0.05) is 22.9 Å². The molecule has 5 heteroatoms. The van der Waals surface area contributed by atoms with Gasteiger partial charge in [0.05, 0.1) is 14.2 Å². The Hall–Kier alpha value is -1.04. The first-order valence-electron chi connectivity index (χ1n) is 6.87. The number of halogens is 1. The van der Waals surface area contributed by atoms with Gasteiger partial charge in [-0.15, -0.1) is 11.3 Å². The number of thiophene rings is 1. The Morgan fingerprint density at radius 3 is 2.62 bits per heavy atom. The Balaban J connectivity index is 2.37. The van der Waals surface area contributed by atoms with E-state index in [0.717, 1.165) is 34.5 Å². The summed E-state index contributed by atoms with van der Waals surface area (Å²) in [5, 5.41) is 5.65. The Morgan fingerprint density at radius 1 is 1.24 bits per heavy atom. The molecule has 0 fully saturated rings. The van der Waals surface area contributed by atoms with E-state index in [9.17, 15) is 0 Å². The lowest BCUT2D eigenvalue weighted by molar-refractivity contribution is 0.379. The van der Waals surface area contributed by atoms with E-state index in [2.05, 4.69) is 51.7 Å². The first-order chi connectivity index (χ1) is 10.2. The standard InChI is InChI=1S/C16H20BrNO2S/c1-4-18-13(10-11-6-5-9-21-11)12-7-8-14(19-2)15(17)16(12)20-3/h5-9,13,18H,4,10H2,1-3H3. The maximum Gasteiger partial charge on any atom is 0.141 e. The maximum absolute atomic E-state index is 5.60. The summed E-state index contributed by atoms with van der Waals surface area (Å²) in [6.07, 6.45) is 0.945. The van der Waals surface area contributed by atoms with Gasteiger partial charge in [0.15, 0.2) is 0 Å². The van der Waals surface area contributed by atoms with Gasteiger partial charge in [-0.25, -0.2) is 0 Å². The average Bonchev–Trinajstić information content (AvgIpc) is 2.99. The molecule has 0 saturated heterocycles. The van der Waals surface area contributed by atoms with Crippen LogP contribution < -0.4 is 14.8 Å². The summed E-state index contributed by atoms with van der Waals surface area (Å²) in [4.78, 5) is 1.36. The number of methoxy groups -OCH3 is 2. The highest BCUT2D eigenvalue weighted by Crippen LogP contribution is 2.40. The molecule has 0 aliphatic rings. The maximum atomic E-state index is 5.60. The molecule has 0 aliphatic carbocycles. The van der Waals surface area contributed by atoms with Crippen LogP contribution in [0.15, 0.2) is 34.1 Å². The van der Waals surface area contributed by atoms with Crippen LogP contribution in [0.4, 0.5) is 0 Å². The highest BCUT2D eigenvalue weighted by Gasteiger charge is 2.20. The van der Waals surface area contributed by atoms with Crippen LogP contribution in [0.2, 0.25) is 0 Å². The molecule has 1 atom stereocenters. The molecule has 1 unspecified atom stereocenters. The zero-order chi connectivity index (χ0) is 15.2. The van der Waals surface area contributed by atoms with Crippen molar-refractivity contribution in [2.75, 3.05) is 20.8 Å². The zero-order valence-corrected chi connectivity index (χ0v) is 14.9. The van der Waals surface area contributed by atoms with Crippen LogP contribution in [-0.2, 0) is 6.42 Å². The molecule has 0 saturated carbocycles. The van der Waals surface area contributed by atoms with Crippen molar-refractivity contribution in [2.45, 2.75) is 19.4 Å². The minimum absolute atomic E-state index is 0.214. The molecule has 1 N–H and O–H groups in total. The molecule has 0 radical (unpaired) electrons. The van der Waals surface area contributed by atoms with Gasteiger partial charge in [-0.3, -0.25) is 0 Å². The molecular formula is C16H20BrNO2S. The average molecular weight is 370 g/mol. The van der Waals surface area contributed by atoms with E-state index in [0.29, 0.717) is 0 Å². The number of hydrogen-bond donors (Lipinski definition) is 1. The predicted molar refractivity (Wildman–Crippen MR) is 91.7 cm³/mol. The normalized spacial score (nSPS) is 12.2. The van der Waals surface area contributed by atoms with Crippen molar-refractivity contribution in [1.29, 1.82) is 0 Å². The summed E-state index contributed by atoms with van der Waals surface area (Å²) in [6, 6.07) is 8.51. The molecule has 1 heterocycles. The molecular weight excluding hydrogens is 350 g/mol. The molecule has 3 nitrogen and oxygen atoms in total. The molecule has 21 heavy (non-hydrogen) atoms. The number of rotatable bonds is 7. The van der Waals surface area contributed by atoms with Gasteiger partial charge in [0.25, 0.3) is 0 Å². The topological polar surface area (TPSA) is 30.5 Å². The van der Waals surface area contributed by atoms with Gasteiger partial charge >= 0.3 is 0 Å². The van der Waals surface area contributed by atoms with Crippen molar-refractivity contribution in [3.8, 4) is 11.5 Å². The second-order valence-electron chi connectivity index (χ2n) is 4.60. The van der Waals surface area contributed by atoms with E-state index in [1.165, 1.54) is 4.88 Å². The number of likely N-dealkylation sites (N-methyl/N-ethyl adjacent to an activating group) is 1. The van der Waals surface area contributed by atoms with Gasteiger partial charge in [0.2, 0.25) is 0 Å². The fraction of sp³-hybridized carbons (Fsp3) is 0.375. The Morgan fingerprint density at radius 2 is 2.05 bits per heavy atom. The van der Waals surface area contributed by atoms with Crippen molar-refractivity contribution < 1.29 is 9.47 Å². The van der Waals surface area contributed by atoms with Crippen LogP contribution in [0.1, 0.15) is 23.4 Å². The van der Waals surface area contributed by atoms with E-state index >= 15 is 0 Å². The third-order valence-electron chi connectivity index (χ3n) is 3.33. The molecule has 0 aliphatic heterocycles. The van der Waals surface area contributed by atoms with Crippen molar-refractivity contribution >= 4 is 27.3 Å². The lowest BCUT2D eigenvalue weighted by atomic mass is 10.0. The van der Waals surface area contributed by atoms with Crippen molar-refractivity contribution in [3.63, 3.8) is 0 Å². The number of hydrogen-bond acceptors (Lipinski definition) is 4. The van der Waals surface area contributed by atoms with E-state index in [4.69, 9.17) is 9.47 Å². The minimum Gasteiger partial charge on any atom is -0.495 e. The van der Waals surface area contributed by atoms with Gasteiger partial charge in [-0.2, -0.15) is 0 Å². The minimum atomic E-state index is 0.214. The van der Waals surface area contributed by atoms with Crippen LogP contribution >= 0.6 is 27.3 Å². The largest absolute Gasteiger partial charge is 0.495 e. The third kappa shape index (κ3) is 3.78.